The van der Waals surface area contributed by atoms with Crippen molar-refractivity contribution in [1.82, 2.24) is 10.3 Å². The molecule has 0 radical (unpaired) electrons. The standard InChI is InChI=1S/C17H21N3O2S/c1-2-4-16-15(3-1)21-12-14(22-16)11-19-13-5-8-20(9-6-13)17-18-7-10-23-17/h1-4,7,10,13-14,19H,5-6,8-9,11-12H2/t14-/m1/s1. The SMILES string of the molecule is c1ccc2c(c1)OC[C@@H](CNC1CCN(c3nccs3)CC1)O2. The van der Waals surface area contributed by atoms with E-state index in [0.29, 0.717) is 12.6 Å². The summed E-state index contributed by atoms with van der Waals surface area (Å²) in [6.45, 7) is 3.57. The Labute approximate surface area is 140 Å². The first kappa shape index (κ1) is 14.8. The van der Waals surface area contributed by atoms with Gasteiger partial charge in [0.1, 0.15) is 12.7 Å². The molecule has 1 atom stereocenters. The summed E-state index contributed by atoms with van der Waals surface area (Å²) in [5.74, 6) is 1.70. The number of benzene rings is 1. The summed E-state index contributed by atoms with van der Waals surface area (Å²) >= 11 is 1.72. The van der Waals surface area contributed by atoms with E-state index in [0.717, 1.165) is 49.1 Å². The number of ether oxygens (including phenoxy) is 2. The molecule has 1 aromatic heterocycles. The van der Waals surface area contributed by atoms with Crippen molar-refractivity contribution in [3.63, 3.8) is 0 Å². The van der Waals surface area contributed by atoms with Gasteiger partial charge in [-0.1, -0.05) is 12.1 Å². The van der Waals surface area contributed by atoms with E-state index >= 15 is 0 Å². The van der Waals surface area contributed by atoms with Crippen LogP contribution >= 0.6 is 11.3 Å². The van der Waals surface area contributed by atoms with Crippen molar-refractivity contribution < 1.29 is 9.47 Å². The number of hydrogen-bond donors (Lipinski definition) is 1. The number of fused-ring (bicyclic) bond motifs is 1. The van der Waals surface area contributed by atoms with E-state index in [1.54, 1.807) is 11.3 Å². The number of anilines is 1. The van der Waals surface area contributed by atoms with Gasteiger partial charge >= 0.3 is 0 Å². The van der Waals surface area contributed by atoms with Gasteiger partial charge in [-0.2, -0.15) is 0 Å². The summed E-state index contributed by atoms with van der Waals surface area (Å²) in [7, 11) is 0. The Hall–Kier alpha value is -1.79. The van der Waals surface area contributed by atoms with Crippen LogP contribution in [0.25, 0.3) is 0 Å². The van der Waals surface area contributed by atoms with Gasteiger partial charge in [-0.25, -0.2) is 4.98 Å². The first-order chi connectivity index (χ1) is 11.4. The molecule has 1 aromatic carbocycles. The van der Waals surface area contributed by atoms with Crippen LogP contribution in [0.3, 0.4) is 0 Å². The molecule has 4 rings (SSSR count). The van der Waals surface area contributed by atoms with Crippen LogP contribution in [0, 0.1) is 0 Å². The number of nitrogens with one attached hydrogen (secondary N) is 1. The molecule has 2 aliphatic heterocycles. The van der Waals surface area contributed by atoms with Crippen molar-refractivity contribution in [3.05, 3.63) is 35.8 Å². The predicted octanol–water partition coefficient (Wildman–Crippen LogP) is 2.54. The number of piperidine rings is 1. The van der Waals surface area contributed by atoms with Crippen LogP contribution in [0.4, 0.5) is 5.13 Å². The molecular formula is C17H21N3O2S. The second kappa shape index (κ2) is 6.76. The van der Waals surface area contributed by atoms with E-state index < -0.39 is 0 Å². The Morgan fingerprint density at radius 2 is 2.04 bits per heavy atom. The second-order valence-electron chi connectivity index (χ2n) is 5.98. The fraction of sp³-hybridized carbons (Fsp3) is 0.471. The van der Waals surface area contributed by atoms with Crippen LogP contribution in [-0.2, 0) is 0 Å². The highest BCUT2D eigenvalue weighted by atomic mass is 32.1. The van der Waals surface area contributed by atoms with E-state index in [4.69, 9.17) is 9.47 Å². The van der Waals surface area contributed by atoms with Crippen molar-refractivity contribution in [3.8, 4) is 11.5 Å². The van der Waals surface area contributed by atoms with Gasteiger partial charge in [0.05, 0.1) is 0 Å². The van der Waals surface area contributed by atoms with Crippen molar-refractivity contribution in [1.29, 1.82) is 0 Å². The lowest BCUT2D eigenvalue weighted by molar-refractivity contribution is 0.0873. The molecule has 0 amide bonds. The van der Waals surface area contributed by atoms with Crippen LogP contribution in [0.2, 0.25) is 0 Å². The van der Waals surface area contributed by atoms with Gasteiger partial charge in [-0.3, -0.25) is 0 Å². The summed E-state index contributed by atoms with van der Waals surface area (Å²) < 4.78 is 11.8. The van der Waals surface area contributed by atoms with Crippen molar-refractivity contribution >= 4 is 16.5 Å². The van der Waals surface area contributed by atoms with Gasteiger partial charge in [-0.05, 0) is 25.0 Å². The third-order valence-electron chi connectivity index (χ3n) is 4.39. The minimum Gasteiger partial charge on any atom is -0.486 e. The maximum Gasteiger partial charge on any atom is 0.185 e. The monoisotopic (exact) mass is 331 g/mol. The fourth-order valence-electron chi connectivity index (χ4n) is 3.11. The Bertz CT molecular complexity index is 627. The number of rotatable bonds is 4. The first-order valence-corrected chi connectivity index (χ1v) is 9.03. The number of aromatic nitrogens is 1. The number of thiazole rings is 1. The van der Waals surface area contributed by atoms with Gasteiger partial charge in [0.25, 0.3) is 0 Å². The largest absolute Gasteiger partial charge is 0.486 e. The Morgan fingerprint density at radius 3 is 2.83 bits per heavy atom. The van der Waals surface area contributed by atoms with E-state index in [-0.39, 0.29) is 6.10 Å². The molecular weight excluding hydrogens is 310 g/mol. The average molecular weight is 331 g/mol. The average Bonchev–Trinajstić information content (AvgIpc) is 3.15. The highest BCUT2D eigenvalue weighted by molar-refractivity contribution is 7.13. The molecule has 3 heterocycles. The summed E-state index contributed by atoms with van der Waals surface area (Å²) in [4.78, 5) is 6.77. The Morgan fingerprint density at radius 1 is 1.22 bits per heavy atom. The lowest BCUT2D eigenvalue weighted by atomic mass is 10.1. The van der Waals surface area contributed by atoms with Gasteiger partial charge in [0.2, 0.25) is 0 Å². The molecule has 0 spiro atoms. The molecule has 1 saturated heterocycles. The molecule has 2 aliphatic rings. The molecule has 0 saturated carbocycles. The van der Waals surface area contributed by atoms with E-state index in [1.165, 1.54) is 0 Å². The molecule has 0 bridgehead atoms. The van der Waals surface area contributed by atoms with Crippen molar-refractivity contribution in [2.45, 2.75) is 25.0 Å². The number of hydrogen-bond acceptors (Lipinski definition) is 6. The molecule has 1 N–H and O–H groups in total. The highest BCUT2D eigenvalue weighted by Gasteiger charge is 2.24. The normalized spacial score (nSPS) is 21.4. The molecule has 122 valence electrons. The van der Waals surface area contributed by atoms with E-state index in [9.17, 15) is 0 Å². The van der Waals surface area contributed by atoms with E-state index in [1.807, 2.05) is 35.8 Å². The van der Waals surface area contributed by atoms with E-state index in [2.05, 4.69) is 15.2 Å². The van der Waals surface area contributed by atoms with Crippen LogP contribution in [0.1, 0.15) is 12.8 Å². The summed E-state index contributed by atoms with van der Waals surface area (Å²) in [5, 5.41) is 6.82. The number of para-hydroxylation sites is 2. The molecule has 0 unspecified atom stereocenters. The van der Waals surface area contributed by atoms with Gasteiger partial charge < -0.3 is 19.7 Å². The minimum absolute atomic E-state index is 0.0851. The molecule has 2 aromatic rings. The maximum atomic E-state index is 6.00. The zero-order chi connectivity index (χ0) is 15.5. The van der Waals surface area contributed by atoms with Gasteiger partial charge in [-0.15, -0.1) is 11.3 Å². The van der Waals surface area contributed by atoms with Crippen molar-refractivity contribution in [2.24, 2.45) is 0 Å². The van der Waals surface area contributed by atoms with Gasteiger partial charge in [0.15, 0.2) is 16.6 Å². The second-order valence-corrected chi connectivity index (χ2v) is 6.85. The van der Waals surface area contributed by atoms with Crippen LogP contribution < -0.4 is 19.7 Å². The summed E-state index contributed by atoms with van der Waals surface area (Å²) in [6, 6.07) is 8.41. The predicted molar refractivity (Wildman–Crippen MR) is 91.7 cm³/mol. The topological polar surface area (TPSA) is 46.6 Å². The summed E-state index contributed by atoms with van der Waals surface area (Å²) in [6.07, 6.45) is 4.25. The first-order valence-electron chi connectivity index (χ1n) is 8.15. The number of nitrogens with zero attached hydrogens (tertiary/aromatic N) is 2. The zero-order valence-corrected chi connectivity index (χ0v) is 13.8. The lowest BCUT2D eigenvalue weighted by Crippen LogP contribution is -2.47. The molecule has 1 fully saturated rings. The molecule has 6 heteroatoms. The zero-order valence-electron chi connectivity index (χ0n) is 13.0. The van der Waals surface area contributed by atoms with Crippen LogP contribution in [0.15, 0.2) is 35.8 Å². The third kappa shape index (κ3) is 3.43. The Balaban J connectivity index is 1.24. The molecule has 0 aliphatic carbocycles. The fourth-order valence-corrected chi connectivity index (χ4v) is 3.81. The lowest BCUT2D eigenvalue weighted by Gasteiger charge is -2.33. The van der Waals surface area contributed by atoms with Crippen molar-refractivity contribution in [2.75, 3.05) is 31.1 Å². The highest BCUT2D eigenvalue weighted by Crippen LogP contribution is 2.30. The maximum absolute atomic E-state index is 6.00. The quantitative estimate of drug-likeness (QED) is 0.933. The molecule has 5 nitrogen and oxygen atoms in total. The van der Waals surface area contributed by atoms with Gasteiger partial charge in [0, 0.05) is 37.3 Å². The Kier molecular flexibility index (Phi) is 4.35. The third-order valence-corrected chi connectivity index (χ3v) is 5.22. The molecule has 23 heavy (non-hydrogen) atoms. The minimum atomic E-state index is 0.0851. The van der Waals surface area contributed by atoms with Crippen LogP contribution in [-0.4, -0.2) is 43.4 Å². The van der Waals surface area contributed by atoms with Crippen LogP contribution in [0.5, 0.6) is 11.5 Å². The summed E-state index contributed by atoms with van der Waals surface area (Å²) in [5.41, 5.74) is 0. The smallest absolute Gasteiger partial charge is 0.185 e.